The summed E-state index contributed by atoms with van der Waals surface area (Å²) in [5.74, 6) is 1.23. The van der Waals surface area contributed by atoms with Crippen molar-refractivity contribution < 1.29 is 9.59 Å². The number of aryl methyl sites for hydroxylation is 1. The number of nitrogens with zero attached hydrogens (tertiary/aromatic N) is 2. The zero-order valence-electron chi connectivity index (χ0n) is 18.4. The number of carbonyl (C=O) groups excluding carboxylic acids is 2. The molecular formula is C27H32N2O2. The Morgan fingerprint density at radius 3 is 2.55 bits per heavy atom. The first-order valence-corrected chi connectivity index (χ1v) is 11.9. The maximum absolute atomic E-state index is 13.5. The van der Waals surface area contributed by atoms with E-state index in [2.05, 4.69) is 47.1 Å². The maximum atomic E-state index is 13.5. The number of amides is 2. The van der Waals surface area contributed by atoms with Crippen LogP contribution in [0.1, 0.15) is 54.1 Å². The van der Waals surface area contributed by atoms with Gasteiger partial charge >= 0.3 is 0 Å². The molecular weight excluding hydrogens is 384 g/mol. The Morgan fingerprint density at radius 1 is 1.00 bits per heavy atom. The van der Waals surface area contributed by atoms with Crippen molar-refractivity contribution in [2.45, 2.75) is 57.5 Å². The molecule has 162 valence electrons. The number of piperidine rings is 3. The Kier molecular flexibility index (Phi) is 5.56. The molecule has 0 spiro atoms. The zero-order valence-corrected chi connectivity index (χ0v) is 18.4. The highest BCUT2D eigenvalue weighted by Gasteiger charge is 2.50. The van der Waals surface area contributed by atoms with Crippen molar-refractivity contribution in [3.05, 3.63) is 71.3 Å². The number of hydrogen-bond acceptors (Lipinski definition) is 2. The highest BCUT2D eigenvalue weighted by molar-refractivity contribution is 5.95. The van der Waals surface area contributed by atoms with Crippen LogP contribution >= 0.6 is 0 Å². The summed E-state index contributed by atoms with van der Waals surface area (Å²) < 4.78 is 0. The normalized spacial score (nSPS) is 27.7. The first-order chi connectivity index (χ1) is 15.2. The Morgan fingerprint density at radius 2 is 1.74 bits per heavy atom. The summed E-state index contributed by atoms with van der Waals surface area (Å²) in [6.07, 6.45) is 5.60. The fourth-order valence-electron chi connectivity index (χ4n) is 6.27. The van der Waals surface area contributed by atoms with E-state index in [0.29, 0.717) is 24.2 Å². The first kappa shape index (κ1) is 20.3. The summed E-state index contributed by atoms with van der Waals surface area (Å²) in [5.41, 5.74) is 3.25. The minimum Gasteiger partial charge on any atom is -0.338 e. The largest absolute Gasteiger partial charge is 0.338 e. The van der Waals surface area contributed by atoms with Crippen molar-refractivity contribution in [2.75, 3.05) is 13.1 Å². The number of carbonyl (C=O) groups is 2. The Labute approximate surface area is 185 Å². The Hall–Kier alpha value is -2.62. The van der Waals surface area contributed by atoms with E-state index < -0.39 is 0 Å². The van der Waals surface area contributed by atoms with Crippen molar-refractivity contribution in [3.8, 4) is 0 Å². The molecule has 0 radical (unpaired) electrons. The number of rotatable bonds is 4. The van der Waals surface area contributed by atoms with Crippen LogP contribution in [0.2, 0.25) is 0 Å². The van der Waals surface area contributed by atoms with E-state index in [1.807, 2.05) is 24.3 Å². The van der Waals surface area contributed by atoms with Gasteiger partial charge in [0.2, 0.25) is 5.91 Å². The SMILES string of the molecule is CCc1ccccc1C(=O)N1C[C@H]2C[C@@H](C1)[C@H](Cc1ccccc1)N1C(=O)CCC[C@@H]21. The fraction of sp³-hybridized carbons (Fsp3) is 0.481. The van der Waals surface area contributed by atoms with E-state index in [9.17, 15) is 9.59 Å². The van der Waals surface area contributed by atoms with Gasteiger partial charge in [0.05, 0.1) is 0 Å². The predicted molar refractivity (Wildman–Crippen MR) is 122 cm³/mol. The van der Waals surface area contributed by atoms with Crippen LogP contribution in [-0.4, -0.2) is 46.8 Å². The van der Waals surface area contributed by atoms with Crippen molar-refractivity contribution in [3.63, 3.8) is 0 Å². The van der Waals surface area contributed by atoms with Gasteiger partial charge in [0.1, 0.15) is 0 Å². The van der Waals surface area contributed by atoms with Crippen LogP contribution in [0.5, 0.6) is 0 Å². The monoisotopic (exact) mass is 416 g/mol. The Bertz CT molecular complexity index is 957. The highest BCUT2D eigenvalue weighted by Crippen LogP contribution is 2.43. The molecule has 4 heteroatoms. The van der Waals surface area contributed by atoms with Gasteiger partial charge in [-0.2, -0.15) is 0 Å². The lowest BCUT2D eigenvalue weighted by Gasteiger charge is -2.56. The molecule has 5 rings (SSSR count). The van der Waals surface area contributed by atoms with Crippen LogP contribution < -0.4 is 0 Å². The molecule has 3 heterocycles. The number of likely N-dealkylation sites (tertiary alicyclic amines) is 1. The third-order valence-corrected chi connectivity index (χ3v) is 7.70. The van der Waals surface area contributed by atoms with Crippen LogP contribution in [0.15, 0.2) is 54.6 Å². The molecule has 3 aliphatic heterocycles. The molecule has 2 aromatic rings. The van der Waals surface area contributed by atoms with Gasteiger partial charge in [-0.05, 0) is 61.1 Å². The Balaban J connectivity index is 1.45. The smallest absolute Gasteiger partial charge is 0.254 e. The molecule has 4 atom stereocenters. The zero-order chi connectivity index (χ0) is 21.4. The molecule has 2 aromatic carbocycles. The van der Waals surface area contributed by atoms with E-state index in [0.717, 1.165) is 56.3 Å². The standard InChI is InChI=1S/C27H32N2O2/c1-2-20-11-6-7-12-23(20)27(31)28-17-21-16-22(18-28)25(15-19-9-4-3-5-10-19)29-24(21)13-8-14-26(29)30/h3-7,9-12,21-22,24-25H,2,8,13-18H2,1H3/t21-,22+,24+,25+/m1/s1. The van der Waals surface area contributed by atoms with Crippen LogP contribution in [0.3, 0.4) is 0 Å². The van der Waals surface area contributed by atoms with Gasteiger partial charge in [0.15, 0.2) is 0 Å². The average molecular weight is 417 g/mol. The second-order valence-corrected chi connectivity index (χ2v) is 9.49. The molecule has 4 nitrogen and oxygen atoms in total. The lowest BCUT2D eigenvalue weighted by atomic mass is 9.70. The van der Waals surface area contributed by atoms with Crippen molar-refractivity contribution in [2.24, 2.45) is 11.8 Å². The topological polar surface area (TPSA) is 40.6 Å². The molecule has 0 saturated carbocycles. The van der Waals surface area contributed by atoms with E-state index in [1.165, 1.54) is 5.56 Å². The second kappa shape index (κ2) is 8.49. The van der Waals surface area contributed by atoms with E-state index in [1.54, 1.807) is 0 Å². The van der Waals surface area contributed by atoms with Crippen LogP contribution in [-0.2, 0) is 17.6 Å². The molecule has 2 bridgehead atoms. The van der Waals surface area contributed by atoms with E-state index in [4.69, 9.17) is 0 Å². The van der Waals surface area contributed by atoms with E-state index >= 15 is 0 Å². The van der Waals surface area contributed by atoms with Gasteiger partial charge in [0, 0.05) is 37.2 Å². The minimum absolute atomic E-state index is 0.168. The molecule has 0 unspecified atom stereocenters. The predicted octanol–water partition coefficient (Wildman–Crippen LogP) is 4.33. The molecule has 0 N–H and O–H groups in total. The van der Waals surface area contributed by atoms with Crippen molar-refractivity contribution in [1.82, 2.24) is 9.80 Å². The third-order valence-electron chi connectivity index (χ3n) is 7.70. The van der Waals surface area contributed by atoms with Gasteiger partial charge < -0.3 is 9.80 Å². The maximum Gasteiger partial charge on any atom is 0.254 e. The number of benzene rings is 2. The lowest BCUT2D eigenvalue weighted by molar-refractivity contribution is -0.151. The minimum atomic E-state index is 0.168. The quantitative estimate of drug-likeness (QED) is 0.744. The van der Waals surface area contributed by atoms with E-state index in [-0.39, 0.29) is 18.0 Å². The van der Waals surface area contributed by atoms with Crippen molar-refractivity contribution >= 4 is 11.8 Å². The molecule has 3 aliphatic rings. The van der Waals surface area contributed by atoms with Gasteiger partial charge in [-0.1, -0.05) is 55.5 Å². The fourth-order valence-corrected chi connectivity index (χ4v) is 6.27. The second-order valence-electron chi connectivity index (χ2n) is 9.49. The highest BCUT2D eigenvalue weighted by atomic mass is 16.2. The molecule has 3 saturated heterocycles. The molecule has 0 aromatic heterocycles. The summed E-state index contributed by atoms with van der Waals surface area (Å²) in [6, 6.07) is 19.0. The number of hydrogen-bond donors (Lipinski definition) is 0. The molecule has 0 aliphatic carbocycles. The van der Waals surface area contributed by atoms with Crippen molar-refractivity contribution in [1.29, 1.82) is 0 Å². The van der Waals surface area contributed by atoms with Crippen LogP contribution in [0.25, 0.3) is 0 Å². The molecule has 2 amide bonds. The van der Waals surface area contributed by atoms with Gasteiger partial charge in [-0.3, -0.25) is 9.59 Å². The summed E-state index contributed by atoms with van der Waals surface area (Å²) in [4.78, 5) is 30.9. The third kappa shape index (κ3) is 3.77. The van der Waals surface area contributed by atoms with Gasteiger partial charge in [0.25, 0.3) is 5.91 Å². The summed E-state index contributed by atoms with van der Waals surface area (Å²) in [6.45, 7) is 3.64. The van der Waals surface area contributed by atoms with Gasteiger partial charge in [-0.15, -0.1) is 0 Å². The number of fused-ring (bicyclic) bond motifs is 4. The van der Waals surface area contributed by atoms with Crippen LogP contribution in [0.4, 0.5) is 0 Å². The molecule has 31 heavy (non-hydrogen) atoms. The molecule has 3 fully saturated rings. The van der Waals surface area contributed by atoms with Crippen LogP contribution in [0, 0.1) is 11.8 Å². The first-order valence-electron chi connectivity index (χ1n) is 11.9. The summed E-state index contributed by atoms with van der Waals surface area (Å²) >= 11 is 0. The lowest BCUT2D eigenvalue weighted by Crippen LogP contribution is -2.66. The summed E-state index contributed by atoms with van der Waals surface area (Å²) in [5, 5.41) is 0. The van der Waals surface area contributed by atoms with Gasteiger partial charge in [-0.25, -0.2) is 0 Å². The summed E-state index contributed by atoms with van der Waals surface area (Å²) in [7, 11) is 0. The average Bonchev–Trinajstić information content (AvgIpc) is 2.82.